The van der Waals surface area contributed by atoms with Crippen LogP contribution in [0.25, 0.3) is 0 Å². The molecule has 1 amide bonds. The smallest absolute Gasteiger partial charge is 0.230 e. The van der Waals surface area contributed by atoms with Gasteiger partial charge in [0.1, 0.15) is 12.4 Å². The van der Waals surface area contributed by atoms with Gasteiger partial charge in [0.15, 0.2) is 5.96 Å². The number of carbonyl (C=O) groups excluding carboxylic acids is 1. The second-order valence-electron chi connectivity index (χ2n) is 7.42. The fourth-order valence-corrected chi connectivity index (χ4v) is 3.59. The van der Waals surface area contributed by atoms with Crippen molar-refractivity contribution in [2.45, 2.75) is 39.5 Å². The van der Waals surface area contributed by atoms with Gasteiger partial charge < -0.3 is 20.3 Å². The molecule has 0 radical (unpaired) electrons. The lowest BCUT2D eigenvalue weighted by molar-refractivity contribution is -0.138. The van der Waals surface area contributed by atoms with Crippen LogP contribution in [0.1, 0.15) is 38.2 Å². The maximum absolute atomic E-state index is 12.7. The highest BCUT2D eigenvalue weighted by molar-refractivity contribution is 14.0. The second-order valence-corrected chi connectivity index (χ2v) is 7.42. The Balaban J connectivity index is 0.00000392. The summed E-state index contributed by atoms with van der Waals surface area (Å²) in [6, 6.07) is 8.00. The van der Waals surface area contributed by atoms with Crippen molar-refractivity contribution in [3.8, 4) is 5.75 Å². The van der Waals surface area contributed by atoms with Gasteiger partial charge in [0.05, 0.1) is 18.5 Å². The molecule has 1 fully saturated rings. The van der Waals surface area contributed by atoms with Gasteiger partial charge in [0.25, 0.3) is 0 Å². The molecule has 28 heavy (non-hydrogen) atoms. The summed E-state index contributed by atoms with van der Waals surface area (Å²) < 4.78 is 5.83. The third-order valence-corrected chi connectivity index (χ3v) is 5.05. The van der Waals surface area contributed by atoms with Crippen molar-refractivity contribution in [2.75, 3.05) is 40.3 Å². The summed E-state index contributed by atoms with van der Waals surface area (Å²) in [4.78, 5) is 19.1. The zero-order valence-corrected chi connectivity index (χ0v) is 19.9. The van der Waals surface area contributed by atoms with E-state index in [0.29, 0.717) is 19.7 Å². The van der Waals surface area contributed by atoms with Gasteiger partial charge in [-0.2, -0.15) is 0 Å². The van der Waals surface area contributed by atoms with E-state index in [1.165, 1.54) is 0 Å². The summed E-state index contributed by atoms with van der Waals surface area (Å²) in [5.74, 6) is 1.84. The van der Waals surface area contributed by atoms with Gasteiger partial charge in [0, 0.05) is 20.6 Å². The number of nitrogens with zero attached hydrogens (tertiary/aromatic N) is 2. The number of carbonyl (C=O) groups is 1. The molecular formula is C21H35IN4O2. The first-order valence-corrected chi connectivity index (χ1v) is 9.91. The molecule has 0 atom stereocenters. The molecule has 2 rings (SSSR count). The minimum Gasteiger partial charge on any atom is -0.491 e. The van der Waals surface area contributed by atoms with Gasteiger partial charge in [-0.25, -0.2) is 0 Å². The largest absolute Gasteiger partial charge is 0.491 e. The Morgan fingerprint density at radius 2 is 1.89 bits per heavy atom. The number of halogens is 1. The zero-order chi connectivity index (χ0) is 19.7. The Morgan fingerprint density at radius 3 is 2.50 bits per heavy atom. The number of rotatable bonds is 8. The fraction of sp³-hybridized carbons (Fsp3) is 0.619. The molecule has 0 saturated heterocycles. The zero-order valence-electron chi connectivity index (χ0n) is 17.6. The fourth-order valence-electron chi connectivity index (χ4n) is 3.59. The molecule has 0 aliphatic heterocycles. The van der Waals surface area contributed by atoms with Crippen LogP contribution in [0.3, 0.4) is 0 Å². The maximum Gasteiger partial charge on any atom is 0.230 e. The molecule has 0 bridgehead atoms. The Hall–Kier alpha value is -1.51. The summed E-state index contributed by atoms with van der Waals surface area (Å²) in [6.45, 7) is 6.58. The van der Waals surface area contributed by atoms with E-state index in [1.807, 2.05) is 52.2 Å². The number of benzene rings is 1. The number of aliphatic imine (C=N–C) groups is 1. The Bertz CT molecular complexity index is 643. The summed E-state index contributed by atoms with van der Waals surface area (Å²) in [6.07, 6.45) is 4.04. The van der Waals surface area contributed by atoms with E-state index >= 15 is 0 Å². The topological polar surface area (TPSA) is 66.0 Å². The number of hydrogen-bond donors (Lipinski definition) is 2. The SMILES string of the molecule is CCNC(=NCC1(C(=O)N(C)C)CCCC1)NCCOc1ccccc1C.I. The minimum atomic E-state index is -0.344. The number of guanidine groups is 1. The summed E-state index contributed by atoms with van der Waals surface area (Å²) in [7, 11) is 3.66. The average Bonchev–Trinajstić information content (AvgIpc) is 3.13. The molecule has 1 aliphatic rings. The molecule has 1 aliphatic carbocycles. The van der Waals surface area contributed by atoms with Crippen molar-refractivity contribution in [3.63, 3.8) is 0 Å². The monoisotopic (exact) mass is 502 g/mol. The summed E-state index contributed by atoms with van der Waals surface area (Å²) in [5.41, 5.74) is 0.784. The number of para-hydroxylation sites is 1. The van der Waals surface area contributed by atoms with Crippen LogP contribution >= 0.6 is 24.0 Å². The highest BCUT2D eigenvalue weighted by atomic mass is 127. The second kappa shape index (κ2) is 12.1. The van der Waals surface area contributed by atoms with Crippen LogP contribution in [0.4, 0.5) is 0 Å². The van der Waals surface area contributed by atoms with E-state index in [2.05, 4.69) is 10.6 Å². The highest BCUT2D eigenvalue weighted by Crippen LogP contribution is 2.39. The molecule has 0 unspecified atom stereocenters. The van der Waals surface area contributed by atoms with Crippen molar-refractivity contribution in [1.29, 1.82) is 0 Å². The molecule has 0 aromatic heterocycles. The molecule has 6 nitrogen and oxygen atoms in total. The Labute approximate surface area is 186 Å². The molecule has 1 saturated carbocycles. The van der Waals surface area contributed by atoms with E-state index < -0.39 is 0 Å². The van der Waals surface area contributed by atoms with E-state index in [4.69, 9.17) is 9.73 Å². The quantitative estimate of drug-likeness (QED) is 0.248. The van der Waals surface area contributed by atoms with Crippen LogP contribution < -0.4 is 15.4 Å². The molecule has 2 N–H and O–H groups in total. The number of hydrogen-bond acceptors (Lipinski definition) is 3. The number of nitrogens with one attached hydrogen (secondary N) is 2. The van der Waals surface area contributed by atoms with E-state index in [0.717, 1.165) is 49.5 Å². The molecule has 0 heterocycles. The van der Waals surface area contributed by atoms with Crippen molar-refractivity contribution in [1.82, 2.24) is 15.5 Å². The van der Waals surface area contributed by atoms with E-state index in [1.54, 1.807) is 4.90 Å². The van der Waals surface area contributed by atoms with Gasteiger partial charge in [-0.15, -0.1) is 24.0 Å². The van der Waals surface area contributed by atoms with Crippen molar-refractivity contribution >= 4 is 35.8 Å². The predicted molar refractivity (Wildman–Crippen MR) is 126 cm³/mol. The molecule has 1 aromatic rings. The summed E-state index contributed by atoms with van der Waals surface area (Å²) >= 11 is 0. The lowest BCUT2D eigenvalue weighted by Gasteiger charge is -2.29. The Kier molecular flexibility index (Phi) is 10.6. The van der Waals surface area contributed by atoms with Crippen molar-refractivity contribution < 1.29 is 9.53 Å². The highest BCUT2D eigenvalue weighted by Gasteiger charge is 2.42. The molecule has 158 valence electrons. The van der Waals surface area contributed by atoms with E-state index in [9.17, 15) is 4.79 Å². The standard InChI is InChI=1S/C21H34N4O2.HI/c1-5-22-20(23-14-15-27-18-11-7-6-10-17(18)2)24-16-21(12-8-9-13-21)19(26)25(3)4;/h6-7,10-11H,5,8-9,12-16H2,1-4H3,(H2,22,23,24);1H. The van der Waals surface area contributed by atoms with Crippen LogP contribution in [0.2, 0.25) is 0 Å². The molecular weight excluding hydrogens is 467 g/mol. The lowest BCUT2D eigenvalue weighted by atomic mass is 9.85. The van der Waals surface area contributed by atoms with Crippen LogP contribution in [0.15, 0.2) is 29.3 Å². The van der Waals surface area contributed by atoms with Gasteiger partial charge in [-0.3, -0.25) is 9.79 Å². The summed E-state index contributed by atoms with van der Waals surface area (Å²) in [5, 5.41) is 6.57. The van der Waals surface area contributed by atoms with Gasteiger partial charge in [0.2, 0.25) is 5.91 Å². The van der Waals surface area contributed by atoms with Crippen LogP contribution in [0.5, 0.6) is 5.75 Å². The first-order valence-electron chi connectivity index (χ1n) is 9.91. The molecule has 1 aromatic carbocycles. The predicted octanol–water partition coefficient (Wildman–Crippen LogP) is 3.20. The third-order valence-electron chi connectivity index (χ3n) is 5.05. The van der Waals surface area contributed by atoms with Crippen molar-refractivity contribution in [3.05, 3.63) is 29.8 Å². The first kappa shape index (κ1) is 24.5. The number of ether oxygens (including phenoxy) is 1. The van der Waals surface area contributed by atoms with Gasteiger partial charge in [-0.05, 0) is 38.3 Å². The number of amides is 1. The van der Waals surface area contributed by atoms with Crippen molar-refractivity contribution in [2.24, 2.45) is 10.4 Å². The molecule has 7 heteroatoms. The lowest BCUT2D eigenvalue weighted by Crippen LogP contribution is -2.43. The third kappa shape index (κ3) is 6.83. The Morgan fingerprint density at radius 1 is 1.21 bits per heavy atom. The van der Waals surface area contributed by atoms with Crippen LogP contribution in [0, 0.1) is 12.3 Å². The molecule has 0 spiro atoms. The average molecular weight is 502 g/mol. The van der Waals surface area contributed by atoms with E-state index in [-0.39, 0.29) is 35.3 Å². The maximum atomic E-state index is 12.7. The van der Waals surface area contributed by atoms with Gasteiger partial charge in [-0.1, -0.05) is 31.0 Å². The minimum absolute atomic E-state index is 0. The van der Waals surface area contributed by atoms with Gasteiger partial charge >= 0.3 is 0 Å². The van der Waals surface area contributed by atoms with Crippen LogP contribution in [-0.4, -0.2) is 57.1 Å². The first-order chi connectivity index (χ1) is 13.0. The normalized spacial score (nSPS) is 15.5. The number of aryl methyl sites for hydroxylation is 1. The van der Waals surface area contributed by atoms with Crippen LogP contribution in [-0.2, 0) is 4.79 Å².